The van der Waals surface area contributed by atoms with Crippen molar-refractivity contribution in [3.8, 4) is 11.5 Å². The number of carbonyl (C=O) groups is 1. The topological polar surface area (TPSA) is 92.8 Å². The second kappa shape index (κ2) is 10.1. The second-order valence-electron chi connectivity index (χ2n) is 5.57. The van der Waals surface area contributed by atoms with Gasteiger partial charge < -0.3 is 20.7 Å². The number of phenolic OH excluding ortho intramolecular Hbond substituents is 2. The molecule has 5 heteroatoms. The lowest BCUT2D eigenvalue weighted by Gasteiger charge is -2.12. The van der Waals surface area contributed by atoms with Crippen molar-refractivity contribution in [1.29, 1.82) is 0 Å². The van der Waals surface area contributed by atoms with Crippen LogP contribution < -0.4 is 5.73 Å². The molecule has 0 aliphatic carbocycles. The van der Waals surface area contributed by atoms with Gasteiger partial charge in [-0.3, -0.25) is 4.79 Å². The fourth-order valence-electron chi connectivity index (χ4n) is 2.20. The lowest BCUT2D eigenvalue weighted by Crippen LogP contribution is -2.34. The molecule has 0 saturated carbocycles. The van der Waals surface area contributed by atoms with Gasteiger partial charge in [-0.1, -0.05) is 45.1 Å². The van der Waals surface area contributed by atoms with E-state index in [0.717, 1.165) is 12.8 Å². The van der Waals surface area contributed by atoms with Crippen LogP contribution in [-0.2, 0) is 16.0 Å². The van der Waals surface area contributed by atoms with Gasteiger partial charge in [0.15, 0.2) is 11.5 Å². The Balaban J connectivity index is 2.23. The Labute approximate surface area is 132 Å². The highest BCUT2D eigenvalue weighted by atomic mass is 16.5. The summed E-state index contributed by atoms with van der Waals surface area (Å²) in [6.45, 7) is 2.58. The van der Waals surface area contributed by atoms with E-state index < -0.39 is 12.0 Å². The molecule has 1 rings (SSSR count). The maximum absolute atomic E-state index is 11.8. The third-order valence-electron chi connectivity index (χ3n) is 3.54. The van der Waals surface area contributed by atoms with Gasteiger partial charge in [0, 0.05) is 0 Å². The Kier molecular flexibility index (Phi) is 8.36. The van der Waals surface area contributed by atoms with E-state index in [0.29, 0.717) is 12.2 Å². The number of hydrogen-bond acceptors (Lipinski definition) is 5. The first-order valence-corrected chi connectivity index (χ1v) is 7.97. The molecular formula is C17H27NO4. The smallest absolute Gasteiger partial charge is 0.323 e. The summed E-state index contributed by atoms with van der Waals surface area (Å²) >= 11 is 0. The minimum absolute atomic E-state index is 0.192. The zero-order valence-corrected chi connectivity index (χ0v) is 13.3. The summed E-state index contributed by atoms with van der Waals surface area (Å²) in [5.74, 6) is -0.839. The van der Waals surface area contributed by atoms with Gasteiger partial charge in [-0.15, -0.1) is 0 Å². The number of rotatable bonds is 10. The molecule has 0 unspecified atom stereocenters. The summed E-state index contributed by atoms with van der Waals surface area (Å²) in [5.41, 5.74) is 6.48. The fraction of sp³-hybridized carbons (Fsp3) is 0.588. The van der Waals surface area contributed by atoms with Gasteiger partial charge in [0.05, 0.1) is 6.61 Å². The van der Waals surface area contributed by atoms with Crippen molar-refractivity contribution in [2.75, 3.05) is 6.61 Å². The number of hydrogen-bond donors (Lipinski definition) is 3. The van der Waals surface area contributed by atoms with Crippen molar-refractivity contribution in [2.45, 2.75) is 57.9 Å². The molecule has 1 aromatic rings. The average Bonchev–Trinajstić information content (AvgIpc) is 2.49. The van der Waals surface area contributed by atoms with Crippen LogP contribution in [0.1, 0.15) is 51.0 Å². The summed E-state index contributed by atoms with van der Waals surface area (Å²) in [4.78, 5) is 11.8. The van der Waals surface area contributed by atoms with E-state index in [1.807, 2.05) is 0 Å². The van der Waals surface area contributed by atoms with E-state index >= 15 is 0 Å². The van der Waals surface area contributed by atoms with E-state index in [4.69, 9.17) is 10.5 Å². The minimum Gasteiger partial charge on any atom is -0.504 e. The first-order valence-electron chi connectivity index (χ1n) is 7.97. The van der Waals surface area contributed by atoms with Gasteiger partial charge in [0.1, 0.15) is 6.04 Å². The molecule has 22 heavy (non-hydrogen) atoms. The quantitative estimate of drug-likeness (QED) is 0.351. The SMILES string of the molecule is CCCCCCCCOC(=O)[C@H](N)Cc1ccc(O)c(O)c1. The van der Waals surface area contributed by atoms with Crippen LogP contribution >= 0.6 is 0 Å². The van der Waals surface area contributed by atoms with Gasteiger partial charge >= 0.3 is 5.97 Å². The van der Waals surface area contributed by atoms with Gasteiger partial charge in [0.25, 0.3) is 0 Å². The number of phenols is 2. The highest BCUT2D eigenvalue weighted by Gasteiger charge is 2.16. The normalized spacial score (nSPS) is 12.1. The molecule has 0 radical (unpaired) electrons. The van der Waals surface area contributed by atoms with E-state index in [2.05, 4.69) is 6.92 Å². The Morgan fingerprint density at radius 3 is 2.50 bits per heavy atom. The van der Waals surface area contributed by atoms with E-state index in [-0.39, 0.29) is 17.9 Å². The Hall–Kier alpha value is -1.75. The zero-order chi connectivity index (χ0) is 16.4. The molecule has 0 aliphatic heterocycles. The molecule has 0 saturated heterocycles. The molecule has 0 aromatic heterocycles. The molecule has 1 aromatic carbocycles. The number of carbonyl (C=O) groups excluding carboxylic acids is 1. The third kappa shape index (κ3) is 6.80. The summed E-state index contributed by atoms with van der Waals surface area (Å²) in [7, 11) is 0. The highest BCUT2D eigenvalue weighted by Crippen LogP contribution is 2.25. The van der Waals surface area contributed by atoms with E-state index in [1.165, 1.54) is 37.8 Å². The lowest BCUT2D eigenvalue weighted by molar-refractivity contribution is -0.145. The number of ether oxygens (including phenoxy) is 1. The predicted molar refractivity (Wildman–Crippen MR) is 85.8 cm³/mol. The molecule has 124 valence electrons. The predicted octanol–water partition coefficient (Wildman–Crippen LogP) is 2.87. The van der Waals surface area contributed by atoms with Gasteiger partial charge in [-0.05, 0) is 30.5 Å². The molecular weight excluding hydrogens is 282 g/mol. The lowest BCUT2D eigenvalue weighted by atomic mass is 10.1. The maximum atomic E-state index is 11.8. The maximum Gasteiger partial charge on any atom is 0.323 e. The molecule has 0 bridgehead atoms. The van der Waals surface area contributed by atoms with Crippen LogP contribution in [0.2, 0.25) is 0 Å². The summed E-state index contributed by atoms with van der Waals surface area (Å²) in [6, 6.07) is 3.63. The number of esters is 1. The van der Waals surface area contributed by atoms with Crippen LogP contribution in [0, 0.1) is 0 Å². The summed E-state index contributed by atoms with van der Waals surface area (Å²) < 4.78 is 5.16. The van der Waals surface area contributed by atoms with Crippen LogP contribution in [0.15, 0.2) is 18.2 Å². The monoisotopic (exact) mass is 309 g/mol. The molecule has 0 heterocycles. The van der Waals surface area contributed by atoms with Crippen LogP contribution in [0.4, 0.5) is 0 Å². The number of aromatic hydroxyl groups is 2. The van der Waals surface area contributed by atoms with Crippen LogP contribution in [0.3, 0.4) is 0 Å². The number of nitrogens with two attached hydrogens (primary N) is 1. The van der Waals surface area contributed by atoms with Gasteiger partial charge in [-0.25, -0.2) is 0 Å². The Morgan fingerprint density at radius 2 is 1.82 bits per heavy atom. The second-order valence-corrected chi connectivity index (χ2v) is 5.57. The largest absolute Gasteiger partial charge is 0.504 e. The highest BCUT2D eigenvalue weighted by molar-refractivity contribution is 5.75. The Bertz CT molecular complexity index is 462. The van der Waals surface area contributed by atoms with Crippen molar-refractivity contribution in [1.82, 2.24) is 0 Å². The van der Waals surface area contributed by atoms with Crippen LogP contribution in [0.25, 0.3) is 0 Å². The zero-order valence-electron chi connectivity index (χ0n) is 13.3. The van der Waals surface area contributed by atoms with Gasteiger partial charge in [-0.2, -0.15) is 0 Å². The molecule has 0 aliphatic rings. The molecule has 4 N–H and O–H groups in total. The van der Waals surface area contributed by atoms with Gasteiger partial charge in [0.2, 0.25) is 0 Å². The number of unbranched alkanes of at least 4 members (excludes halogenated alkanes) is 5. The molecule has 0 amide bonds. The van der Waals surface area contributed by atoms with Crippen molar-refractivity contribution in [2.24, 2.45) is 5.73 Å². The van der Waals surface area contributed by atoms with Crippen molar-refractivity contribution in [3.05, 3.63) is 23.8 Å². The summed E-state index contributed by atoms with van der Waals surface area (Å²) in [5, 5.41) is 18.6. The van der Waals surface area contributed by atoms with Crippen molar-refractivity contribution in [3.63, 3.8) is 0 Å². The third-order valence-corrected chi connectivity index (χ3v) is 3.54. The molecule has 1 atom stereocenters. The molecule has 5 nitrogen and oxygen atoms in total. The van der Waals surface area contributed by atoms with Crippen LogP contribution in [0.5, 0.6) is 11.5 Å². The fourth-order valence-corrected chi connectivity index (χ4v) is 2.20. The van der Waals surface area contributed by atoms with Crippen molar-refractivity contribution < 1.29 is 19.7 Å². The number of benzene rings is 1. The summed E-state index contributed by atoms with van der Waals surface area (Å²) in [6.07, 6.45) is 7.07. The van der Waals surface area contributed by atoms with E-state index in [9.17, 15) is 15.0 Å². The van der Waals surface area contributed by atoms with Crippen LogP contribution in [-0.4, -0.2) is 28.8 Å². The Morgan fingerprint density at radius 1 is 1.14 bits per heavy atom. The average molecular weight is 309 g/mol. The minimum atomic E-state index is -0.760. The van der Waals surface area contributed by atoms with E-state index in [1.54, 1.807) is 6.07 Å². The molecule has 0 spiro atoms. The first kappa shape index (κ1) is 18.3. The first-order chi connectivity index (χ1) is 10.5. The standard InChI is InChI=1S/C17H27NO4/c1-2-3-4-5-6-7-10-22-17(21)14(18)11-13-8-9-15(19)16(20)12-13/h8-9,12,14,19-20H,2-7,10-11,18H2,1H3/t14-/m1/s1. The molecule has 0 fully saturated rings. The van der Waals surface area contributed by atoms with Crippen molar-refractivity contribution >= 4 is 5.97 Å².